The van der Waals surface area contributed by atoms with Gasteiger partial charge in [-0.15, -0.1) is 11.8 Å². The molecule has 2 atom stereocenters. The van der Waals surface area contributed by atoms with Gasteiger partial charge in [-0.2, -0.15) is 0 Å². The molecular weight excluding hydrogens is 358 g/mol. The molecule has 2 heterocycles. The number of piperazine rings is 1. The number of carbonyl (C=O) groups is 1. The van der Waals surface area contributed by atoms with E-state index in [2.05, 4.69) is 56.1 Å². The Bertz CT molecular complexity index is 679. The van der Waals surface area contributed by atoms with Gasteiger partial charge in [-0.3, -0.25) is 9.69 Å². The van der Waals surface area contributed by atoms with Gasteiger partial charge in [-0.25, -0.2) is 0 Å². The number of nitrogens with zero attached hydrogens (tertiary/aromatic N) is 2. The summed E-state index contributed by atoms with van der Waals surface area (Å²) in [6.45, 7) is 12.4. The third-order valence-electron chi connectivity index (χ3n) is 5.58. The number of hydrogen-bond acceptors (Lipinski definition) is 5. The van der Waals surface area contributed by atoms with E-state index in [9.17, 15) is 4.79 Å². The number of anilines is 1. The minimum Gasteiger partial charge on any atom is -0.383 e. The van der Waals surface area contributed by atoms with E-state index in [1.165, 1.54) is 10.5 Å². The zero-order chi connectivity index (χ0) is 19.6. The van der Waals surface area contributed by atoms with Gasteiger partial charge in [-0.05, 0) is 30.4 Å². The van der Waals surface area contributed by atoms with Gasteiger partial charge in [0.1, 0.15) is 0 Å². The summed E-state index contributed by atoms with van der Waals surface area (Å²) in [5.41, 5.74) is 2.36. The Balaban J connectivity index is 1.80. The molecule has 1 saturated heterocycles. The number of methoxy groups -OCH3 is 1. The Morgan fingerprint density at radius 3 is 2.89 bits per heavy atom. The van der Waals surface area contributed by atoms with Crippen molar-refractivity contribution in [2.24, 2.45) is 0 Å². The first-order valence-electron chi connectivity index (χ1n) is 9.89. The quantitative estimate of drug-likeness (QED) is 0.756. The minimum absolute atomic E-state index is 0.0108. The maximum absolute atomic E-state index is 13.3. The van der Waals surface area contributed by atoms with Crippen LogP contribution < -0.4 is 10.2 Å². The number of rotatable bonds is 6. The molecule has 0 radical (unpaired) electrons. The summed E-state index contributed by atoms with van der Waals surface area (Å²) in [4.78, 5) is 18.8. The molecule has 1 amide bonds. The second-order valence-corrected chi connectivity index (χ2v) is 9.66. The zero-order valence-electron chi connectivity index (χ0n) is 17.2. The van der Waals surface area contributed by atoms with Gasteiger partial charge in [-0.1, -0.05) is 26.8 Å². The maximum Gasteiger partial charge on any atom is 0.241 e. The summed E-state index contributed by atoms with van der Waals surface area (Å²) >= 11 is 1.82. The van der Waals surface area contributed by atoms with Crippen LogP contribution in [-0.4, -0.2) is 68.5 Å². The predicted octanol–water partition coefficient (Wildman–Crippen LogP) is 2.73. The molecule has 1 aromatic carbocycles. The highest BCUT2D eigenvalue weighted by atomic mass is 32.2. The van der Waals surface area contributed by atoms with E-state index in [4.69, 9.17) is 4.74 Å². The van der Waals surface area contributed by atoms with Crippen molar-refractivity contribution in [3.05, 3.63) is 23.8 Å². The molecule has 0 spiro atoms. The summed E-state index contributed by atoms with van der Waals surface area (Å²) in [5, 5.41) is 3.49. The Morgan fingerprint density at radius 1 is 1.41 bits per heavy atom. The summed E-state index contributed by atoms with van der Waals surface area (Å²) in [5.74, 6) is 1.23. The highest BCUT2D eigenvalue weighted by Gasteiger charge is 2.39. The summed E-state index contributed by atoms with van der Waals surface area (Å²) in [7, 11) is 1.73. The van der Waals surface area contributed by atoms with Crippen molar-refractivity contribution in [3.8, 4) is 0 Å². The standard InChI is InChI=1S/C21H33N3O2S/c1-6-27-17-7-8-18-19(9-17)24(14-21(18,3)4)20(25)12-23-11-15(2)22-10-16(23)13-26-5/h7-9,15-16,22H,6,10-14H2,1-5H3/t15-,16-/m1/s1. The molecule has 0 aliphatic carbocycles. The number of carbonyl (C=O) groups excluding carboxylic acids is 1. The van der Waals surface area contributed by atoms with Crippen LogP contribution >= 0.6 is 11.8 Å². The number of thioether (sulfide) groups is 1. The van der Waals surface area contributed by atoms with Gasteiger partial charge in [0, 0.05) is 54.8 Å². The maximum atomic E-state index is 13.3. The fourth-order valence-corrected chi connectivity index (χ4v) is 4.89. The normalized spacial score (nSPS) is 24.9. The van der Waals surface area contributed by atoms with Crippen LogP contribution in [0.1, 0.15) is 33.3 Å². The molecule has 1 aromatic rings. The Kier molecular flexibility index (Phi) is 6.51. The molecule has 150 valence electrons. The number of nitrogens with one attached hydrogen (secondary N) is 1. The van der Waals surface area contributed by atoms with Crippen molar-refractivity contribution in [2.75, 3.05) is 50.5 Å². The van der Waals surface area contributed by atoms with Crippen LogP contribution in [0.4, 0.5) is 5.69 Å². The lowest BCUT2D eigenvalue weighted by Crippen LogP contribution is -2.59. The third-order valence-corrected chi connectivity index (χ3v) is 6.45. The van der Waals surface area contributed by atoms with Crippen LogP contribution in [0.3, 0.4) is 0 Å². The smallest absolute Gasteiger partial charge is 0.241 e. The number of amides is 1. The molecule has 2 aliphatic rings. The van der Waals surface area contributed by atoms with E-state index in [1.54, 1.807) is 7.11 Å². The van der Waals surface area contributed by atoms with Gasteiger partial charge < -0.3 is 15.0 Å². The number of benzene rings is 1. The molecular formula is C21H33N3O2S. The highest BCUT2D eigenvalue weighted by Crippen LogP contribution is 2.42. The van der Waals surface area contributed by atoms with E-state index in [-0.39, 0.29) is 17.4 Å². The van der Waals surface area contributed by atoms with Crippen LogP contribution in [0.25, 0.3) is 0 Å². The fraction of sp³-hybridized carbons (Fsp3) is 0.667. The first-order valence-corrected chi connectivity index (χ1v) is 10.9. The van der Waals surface area contributed by atoms with Crippen molar-refractivity contribution in [1.82, 2.24) is 10.2 Å². The molecule has 6 heteroatoms. The van der Waals surface area contributed by atoms with E-state index >= 15 is 0 Å². The first kappa shape index (κ1) is 20.6. The van der Waals surface area contributed by atoms with Crippen LogP contribution in [0, 0.1) is 0 Å². The van der Waals surface area contributed by atoms with Gasteiger partial charge in [0.15, 0.2) is 0 Å². The fourth-order valence-electron chi connectivity index (χ4n) is 4.19. The molecule has 1 N–H and O–H groups in total. The second-order valence-electron chi connectivity index (χ2n) is 8.32. The van der Waals surface area contributed by atoms with Crippen molar-refractivity contribution < 1.29 is 9.53 Å². The Morgan fingerprint density at radius 2 is 2.19 bits per heavy atom. The minimum atomic E-state index is -0.0108. The Labute approximate surface area is 167 Å². The van der Waals surface area contributed by atoms with Crippen LogP contribution in [0.5, 0.6) is 0 Å². The predicted molar refractivity (Wildman–Crippen MR) is 113 cm³/mol. The molecule has 0 bridgehead atoms. The lowest BCUT2D eigenvalue weighted by molar-refractivity contribution is -0.121. The summed E-state index contributed by atoms with van der Waals surface area (Å²) in [6.07, 6.45) is 0. The molecule has 27 heavy (non-hydrogen) atoms. The molecule has 0 saturated carbocycles. The second kappa shape index (κ2) is 8.52. The first-order chi connectivity index (χ1) is 12.9. The SMILES string of the molecule is CCSc1ccc2c(c1)N(C(=O)CN1C[C@@H](C)NC[C@@H]1COC)CC2(C)C. The van der Waals surface area contributed by atoms with Crippen LogP contribution in [-0.2, 0) is 14.9 Å². The van der Waals surface area contributed by atoms with E-state index in [0.717, 1.165) is 31.1 Å². The molecule has 2 aliphatic heterocycles. The van der Waals surface area contributed by atoms with Gasteiger partial charge in [0.05, 0.1) is 13.2 Å². The van der Waals surface area contributed by atoms with Crippen molar-refractivity contribution in [1.29, 1.82) is 0 Å². The van der Waals surface area contributed by atoms with Crippen molar-refractivity contribution >= 4 is 23.4 Å². The number of fused-ring (bicyclic) bond motifs is 1. The molecule has 1 fully saturated rings. The molecule has 5 nitrogen and oxygen atoms in total. The molecule has 0 unspecified atom stereocenters. The van der Waals surface area contributed by atoms with Gasteiger partial charge >= 0.3 is 0 Å². The van der Waals surface area contributed by atoms with E-state index in [0.29, 0.717) is 19.2 Å². The van der Waals surface area contributed by atoms with E-state index < -0.39 is 0 Å². The van der Waals surface area contributed by atoms with E-state index in [1.807, 2.05) is 16.7 Å². The number of hydrogen-bond donors (Lipinski definition) is 1. The summed E-state index contributed by atoms with van der Waals surface area (Å²) in [6, 6.07) is 7.23. The average Bonchev–Trinajstić information content (AvgIpc) is 2.89. The van der Waals surface area contributed by atoms with Crippen LogP contribution in [0.2, 0.25) is 0 Å². The van der Waals surface area contributed by atoms with Crippen molar-refractivity contribution in [2.45, 2.75) is 50.1 Å². The largest absolute Gasteiger partial charge is 0.383 e. The third kappa shape index (κ3) is 4.50. The Hall–Kier alpha value is -1.08. The van der Waals surface area contributed by atoms with Gasteiger partial charge in [0.2, 0.25) is 5.91 Å². The lowest BCUT2D eigenvalue weighted by atomic mass is 9.87. The van der Waals surface area contributed by atoms with Gasteiger partial charge in [0.25, 0.3) is 0 Å². The highest BCUT2D eigenvalue weighted by molar-refractivity contribution is 7.99. The summed E-state index contributed by atoms with van der Waals surface area (Å²) < 4.78 is 5.38. The zero-order valence-corrected chi connectivity index (χ0v) is 18.1. The molecule has 3 rings (SSSR count). The monoisotopic (exact) mass is 391 g/mol. The average molecular weight is 392 g/mol. The van der Waals surface area contributed by atoms with Crippen molar-refractivity contribution in [3.63, 3.8) is 0 Å². The van der Waals surface area contributed by atoms with Crippen LogP contribution in [0.15, 0.2) is 23.1 Å². The topological polar surface area (TPSA) is 44.8 Å². The molecule has 0 aromatic heterocycles. The number of ether oxygens (including phenoxy) is 1. The lowest BCUT2D eigenvalue weighted by Gasteiger charge is -2.39.